The van der Waals surface area contributed by atoms with Crippen molar-refractivity contribution in [2.75, 3.05) is 6.61 Å². The van der Waals surface area contributed by atoms with Crippen LogP contribution in [-0.4, -0.2) is 59.6 Å². The van der Waals surface area contributed by atoms with Crippen molar-refractivity contribution in [3.63, 3.8) is 0 Å². The third-order valence-corrected chi connectivity index (χ3v) is 9.89. The Balaban J connectivity index is 1.90. The number of hydrogen-bond acceptors (Lipinski definition) is 8. The number of Topliss-reactive ketones (excluding diaryl/α,β-unsaturated/α-hetero) is 1. The van der Waals surface area contributed by atoms with Crippen LogP contribution in [0.3, 0.4) is 0 Å². The van der Waals surface area contributed by atoms with E-state index in [4.69, 9.17) is 14.2 Å². The average molecular weight is 601 g/mol. The summed E-state index contributed by atoms with van der Waals surface area (Å²) in [6, 6.07) is 0. The van der Waals surface area contributed by atoms with E-state index >= 15 is 8.78 Å². The van der Waals surface area contributed by atoms with Crippen molar-refractivity contribution in [1.82, 2.24) is 0 Å². The fourth-order valence-electron chi connectivity index (χ4n) is 7.75. The summed E-state index contributed by atoms with van der Waals surface area (Å²) in [6.45, 7) is 5.89. The second kappa shape index (κ2) is 9.34. The van der Waals surface area contributed by atoms with Crippen molar-refractivity contribution in [3.8, 4) is 0 Å². The first-order valence-electron chi connectivity index (χ1n) is 12.5. The van der Waals surface area contributed by atoms with E-state index in [9.17, 15) is 24.0 Å². The van der Waals surface area contributed by atoms with E-state index in [1.165, 1.54) is 13.0 Å². The second-order valence-electron chi connectivity index (χ2n) is 11.2. The van der Waals surface area contributed by atoms with E-state index in [1.54, 1.807) is 6.92 Å². The Morgan fingerprint density at radius 3 is 2.32 bits per heavy atom. The quantitative estimate of drug-likeness (QED) is 0.343. The third-order valence-electron chi connectivity index (χ3n) is 9.27. The zero-order valence-corrected chi connectivity index (χ0v) is 23.5. The number of carbonyl (C=O) groups excluding carboxylic acids is 5. The normalized spacial score (nSPS) is 41.5. The van der Waals surface area contributed by atoms with Crippen molar-refractivity contribution in [2.45, 2.75) is 83.8 Å². The molecule has 0 unspecified atom stereocenters. The molecule has 208 valence electrons. The molecule has 0 aliphatic heterocycles. The molecule has 3 fully saturated rings. The van der Waals surface area contributed by atoms with Crippen molar-refractivity contribution in [2.24, 2.45) is 22.7 Å². The highest BCUT2D eigenvalue weighted by molar-refractivity contribution is 9.12. The number of fused-ring (bicyclic) bond motifs is 5. The Bertz CT molecular complexity index is 1180. The smallest absolute Gasteiger partial charge is 0.303 e. The lowest BCUT2D eigenvalue weighted by Crippen LogP contribution is -2.71. The number of esters is 3. The molecule has 0 N–H and O–H groups in total. The van der Waals surface area contributed by atoms with Crippen LogP contribution >= 0.6 is 15.9 Å². The number of hydrogen-bond donors (Lipinski definition) is 0. The molecule has 0 saturated heterocycles. The predicted octanol–water partition coefficient (Wildman–Crippen LogP) is 4.03. The lowest BCUT2D eigenvalue weighted by molar-refractivity contribution is -0.236. The van der Waals surface area contributed by atoms with Gasteiger partial charge in [-0.15, -0.1) is 0 Å². The van der Waals surface area contributed by atoms with Gasteiger partial charge >= 0.3 is 17.9 Å². The monoisotopic (exact) mass is 600 g/mol. The number of halogens is 3. The molecule has 0 bridgehead atoms. The first-order chi connectivity index (χ1) is 17.5. The number of ketones is 2. The lowest BCUT2D eigenvalue weighted by atomic mass is 9.44. The van der Waals surface area contributed by atoms with E-state index in [-0.39, 0.29) is 35.7 Å². The summed E-state index contributed by atoms with van der Waals surface area (Å²) in [5.74, 6) is -5.13. The summed E-state index contributed by atoms with van der Waals surface area (Å²) in [5, 5.41) is 0. The zero-order chi connectivity index (χ0) is 28.4. The van der Waals surface area contributed by atoms with E-state index in [1.807, 2.05) is 0 Å². The minimum absolute atomic E-state index is 0.00159. The summed E-state index contributed by atoms with van der Waals surface area (Å²) in [5.41, 5.74) is -7.10. The summed E-state index contributed by atoms with van der Waals surface area (Å²) >= 11 is 3.17. The van der Waals surface area contributed by atoms with Crippen LogP contribution in [0, 0.1) is 22.7 Å². The Labute approximate surface area is 227 Å². The van der Waals surface area contributed by atoms with Gasteiger partial charge in [0, 0.05) is 37.5 Å². The molecule has 0 aromatic heterocycles. The zero-order valence-electron chi connectivity index (χ0n) is 21.9. The summed E-state index contributed by atoms with van der Waals surface area (Å²) in [7, 11) is 0. The Morgan fingerprint density at radius 1 is 1.08 bits per heavy atom. The van der Waals surface area contributed by atoms with Crippen LogP contribution in [-0.2, 0) is 38.2 Å². The molecule has 8 nitrogen and oxygen atoms in total. The molecule has 0 amide bonds. The molecule has 0 aromatic rings. The highest BCUT2D eigenvalue weighted by Crippen LogP contribution is 2.71. The number of ether oxygens (including phenoxy) is 3. The number of carbonyl (C=O) groups is 5. The maximum Gasteiger partial charge on any atom is 0.303 e. The maximum atomic E-state index is 17.9. The van der Waals surface area contributed by atoms with E-state index in [0.29, 0.717) is 0 Å². The highest BCUT2D eigenvalue weighted by Gasteiger charge is 2.77. The summed E-state index contributed by atoms with van der Waals surface area (Å²) < 4.78 is 50.0. The average Bonchev–Trinajstić information content (AvgIpc) is 3.08. The minimum Gasteiger partial charge on any atom is -0.459 e. The first-order valence-corrected chi connectivity index (χ1v) is 13.3. The van der Waals surface area contributed by atoms with Gasteiger partial charge in [-0.3, -0.25) is 24.0 Å². The van der Waals surface area contributed by atoms with Crippen molar-refractivity contribution in [3.05, 3.63) is 22.2 Å². The molecule has 8 atom stereocenters. The van der Waals surface area contributed by atoms with Crippen molar-refractivity contribution in [1.29, 1.82) is 0 Å². The van der Waals surface area contributed by atoms with Gasteiger partial charge in [0.25, 0.3) is 0 Å². The summed E-state index contributed by atoms with van der Waals surface area (Å²) in [6.07, 6.45) is -1.01. The molecule has 0 heterocycles. The van der Waals surface area contributed by atoms with E-state index in [2.05, 4.69) is 15.9 Å². The molecule has 3 saturated carbocycles. The van der Waals surface area contributed by atoms with Crippen LogP contribution in [0.4, 0.5) is 8.78 Å². The second-order valence-corrected chi connectivity index (χ2v) is 12.1. The number of alkyl halides is 2. The molecule has 4 rings (SSSR count). The molecule has 11 heteroatoms. The fraction of sp³-hybridized carbons (Fsp3) is 0.667. The van der Waals surface area contributed by atoms with Crippen LogP contribution in [0.1, 0.15) is 60.3 Å². The molecule has 0 spiro atoms. The topological polar surface area (TPSA) is 113 Å². The van der Waals surface area contributed by atoms with Gasteiger partial charge in [0.1, 0.15) is 12.3 Å². The number of rotatable bonds is 5. The van der Waals surface area contributed by atoms with Crippen molar-refractivity contribution < 1.29 is 47.0 Å². The standard InChI is InChI=1S/C27H31BrF2O8/c1-13(31)36-12-22(35)26(38-15(3)33)7-6-16-17-8-20(29)18-9-21(34)19(28)10-25(18,5)27(17,30)23(37-14(2)32)11-24(16,26)4/h9-10,16-17,20,23H,6-8,11-12H2,1-5H3/t16-,17-,20+,23-,24-,25-,26-,27-/m0/s1. The van der Waals surface area contributed by atoms with Gasteiger partial charge in [0.15, 0.2) is 23.7 Å². The van der Waals surface area contributed by atoms with Gasteiger partial charge in [-0.25, -0.2) is 8.78 Å². The molecular formula is C27H31BrF2O8. The van der Waals surface area contributed by atoms with Gasteiger partial charge in [-0.1, -0.05) is 13.0 Å². The van der Waals surface area contributed by atoms with Gasteiger partial charge in [-0.05, 0) is 66.1 Å². The van der Waals surface area contributed by atoms with Crippen LogP contribution in [0.25, 0.3) is 0 Å². The van der Waals surface area contributed by atoms with E-state index in [0.717, 1.165) is 26.8 Å². The summed E-state index contributed by atoms with van der Waals surface area (Å²) in [4.78, 5) is 61.9. The molecule has 0 radical (unpaired) electrons. The largest absolute Gasteiger partial charge is 0.459 e. The Hall–Kier alpha value is -2.43. The van der Waals surface area contributed by atoms with Crippen LogP contribution in [0.5, 0.6) is 0 Å². The Morgan fingerprint density at radius 2 is 1.74 bits per heavy atom. The first kappa shape index (κ1) is 28.6. The minimum atomic E-state index is -2.35. The van der Waals surface area contributed by atoms with Gasteiger partial charge in [0.2, 0.25) is 5.78 Å². The van der Waals surface area contributed by atoms with Gasteiger partial charge in [-0.2, -0.15) is 0 Å². The van der Waals surface area contributed by atoms with Crippen LogP contribution in [0.2, 0.25) is 0 Å². The lowest BCUT2D eigenvalue weighted by Gasteiger charge is -2.63. The maximum absolute atomic E-state index is 17.9. The molecule has 4 aliphatic rings. The predicted molar refractivity (Wildman–Crippen MR) is 132 cm³/mol. The molecule has 4 aliphatic carbocycles. The highest BCUT2D eigenvalue weighted by atomic mass is 79.9. The van der Waals surface area contributed by atoms with Gasteiger partial charge < -0.3 is 14.2 Å². The fourth-order valence-corrected chi connectivity index (χ4v) is 8.32. The van der Waals surface area contributed by atoms with Crippen LogP contribution < -0.4 is 0 Å². The third kappa shape index (κ3) is 3.90. The number of allylic oxidation sites excluding steroid dienone is 4. The Kier molecular flexibility index (Phi) is 7.03. The van der Waals surface area contributed by atoms with E-state index < -0.39 is 82.3 Å². The van der Waals surface area contributed by atoms with Gasteiger partial charge in [0.05, 0.1) is 4.48 Å². The molecule has 0 aromatic carbocycles. The molecular weight excluding hydrogens is 570 g/mol. The SMILES string of the molecule is CC(=O)OCC(=O)[C@@]1(OC(C)=O)CC[C@H]2[C@@H]3C[C@@H](F)C4=CC(=O)C(Br)=C[C@]4(C)[C@@]3(F)[C@@H](OC(C)=O)C[C@@]21C. The van der Waals surface area contributed by atoms with Crippen molar-refractivity contribution >= 4 is 45.4 Å². The molecule has 38 heavy (non-hydrogen) atoms. The van der Waals surface area contributed by atoms with Crippen LogP contribution in [0.15, 0.2) is 22.2 Å².